The number of nitrogens with zero attached hydrogens (tertiary/aromatic N) is 2. The molecule has 1 aliphatic carbocycles. The number of likely N-dealkylation sites (tertiary alicyclic amines) is 1. The third-order valence-electron chi connectivity index (χ3n) is 5.63. The van der Waals surface area contributed by atoms with Crippen LogP contribution in [0.1, 0.15) is 31.7 Å². The predicted molar refractivity (Wildman–Crippen MR) is 83.0 cm³/mol. The van der Waals surface area contributed by atoms with Gasteiger partial charge in [-0.1, -0.05) is 6.07 Å². The smallest absolute Gasteiger partial charge is 0.125 e. The number of rotatable bonds is 3. The van der Waals surface area contributed by atoms with E-state index in [4.69, 9.17) is 5.73 Å². The minimum Gasteiger partial charge on any atom is -0.363 e. The van der Waals surface area contributed by atoms with E-state index >= 15 is 0 Å². The van der Waals surface area contributed by atoms with E-state index in [1.54, 1.807) is 12.1 Å². The molecule has 21 heavy (non-hydrogen) atoms. The molecule has 1 saturated heterocycles. The molecule has 2 atom stereocenters. The highest BCUT2D eigenvalue weighted by Crippen LogP contribution is 2.43. The van der Waals surface area contributed by atoms with Crippen LogP contribution in [-0.4, -0.2) is 42.2 Å². The molecule has 0 amide bonds. The zero-order chi connectivity index (χ0) is 14.6. The molecule has 2 fully saturated rings. The molecule has 0 bridgehead atoms. The van der Waals surface area contributed by atoms with Gasteiger partial charge in [0.1, 0.15) is 5.82 Å². The monoisotopic (exact) mass is 289 g/mol. The molecule has 2 heterocycles. The molecule has 4 rings (SSSR count). The largest absolute Gasteiger partial charge is 0.363 e. The molecule has 1 saturated carbocycles. The van der Waals surface area contributed by atoms with Crippen molar-refractivity contribution < 1.29 is 4.39 Å². The van der Waals surface area contributed by atoms with Crippen molar-refractivity contribution in [2.45, 2.75) is 50.2 Å². The maximum Gasteiger partial charge on any atom is 0.125 e. The Morgan fingerprint density at radius 3 is 2.90 bits per heavy atom. The van der Waals surface area contributed by atoms with Crippen molar-refractivity contribution in [2.24, 2.45) is 5.73 Å². The molecule has 0 spiro atoms. The summed E-state index contributed by atoms with van der Waals surface area (Å²) in [4.78, 5) is 5.04. The van der Waals surface area contributed by atoms with Gasteiger partial charge in [-0.25, -0.2) is 4.39 Å². The van der Waals surface area contributed by atoms with Gasteiger partial charge in [0.25, 0.3) is 0 Å². The van der Waals surface area contributed by atoms with Crippen LogP contribution < -0.4 is 10.6 Å². The zero-order valence-corrected chi connectivity index (χ0v) is 12.7. The number of halogens is 1. The van der Waals surface area contributed by atoms with Crippen molar-refractivity contribution in [3.63, 3.8) is 0 Å². The fourth-order valence-corrected chi connectivity index (χ4v) is 4.42. The van der Waals surface area contributed by atoms with Crippen LogP contribution in [0, 0.1) is 5.82 Å². The van der Waals surface area contributed by atoms with E-state index in [-0.39, 0.29) is 11.4 Å². The third kappa shape index (κ3) is 2.08. The average molecular weight is 289 g/mol. The molecule has 4 heteroatoms. The van der Waals surface area contributed by atoms with Crippen LogP contribution in [0.25, 0.3) is 0 Å². The zero-order valence-electron chi connectivity index (χ0n) is 12.7. The van der Waals surface area contributed by atoms with Gasteiger partial charge >= 0.3 is 0 Å². The maximum atomic E-state index is 13.7. The molecule has 114 valence electrons. The van der Waals surface area contributed by atoms with E-state index in [1.165, 1.54) is 18.4 Å². The number of fused-ring (bicyclic) bond motifs is 1. The van der Waals surface area contributed by atoms with Crippen LogP contribution in [0.2, 0.25) is 0 Å². The Morgan fingerprint density at radius 1 is 1.38 bits per heavy atom. The molecule has 1 aromatic carbocycles. The molecule has 3 nitrogen and oxygen atoms in total. The second-order valence-electron chi connectivity index (χ2n) is 7.06. The summed E-state index contributed by atoms with van der Waals surface area (Å²) >= 11 is 0. The lowest BCUT2D eigenvalue weighted by atomic mass is 9.93. The Hall–Kier alpha value is -1.13. The Morgan fingerprint density at radius 2 is 2.19 bits per heavy atom. The molecule has 2 N–H and O–H groups in total. The minimum atomic E-state index is -0.141. The first-order chi connectivity index (χ1) is 10.1. The number of hydrogen-bond acceptors (Lipinski definition) is 3. The van der Waals surface area contributed by atoms with Crippen molar-refractivity contribution in [1.29, 1.82) is 0 Å². The molecular weight excluding hydrogens is 265 g/mol. The lowest BCUT2D eigenvalue weighted by Crippen LogP contribution is -2.55. The normalized spacial score (nSPS) is 32.7. The average Bonchev–Trinajstić information content (AvgIpc) is 3.14. The number of nitrogens with two attached hydrogens (primary N) is 1. The molecular formula is C17H24FN3. The molecule has 2 unspecified atom stereocenters. The van der Waals surface area contributed by atoms with Gasteiger partial charge in [0, 0.05) is 37.4 Å². The highest BCUT2D eigenvalue weighted by molar-refractivity contribution is 5.60. The van der Waals surface area contributed by atoms with Crippen molar-refractivity contribution in [1.82, 2.24) is 4.90 Å². The van der Waals surface area contributed by atoms with Gasteiger partial charge < -0.3 is 10.6 Å². The topological polar surface area (TPSA) is 32.5 Å². The van der Waals surface area contributed by atoms with Crippen molar-refractivity contribution in [3.05, 3.63) is 29.6 Å². The van der Waals surface area contributed by atoms with Crippen LogP contribution in [0.15, 0.2) is 18.2 Å². The second kappa shape index (κ2) is 4.68. The molecule has 2 aliphatic heterocycles. The van der Waals surface area contributed by atoms with Gasteiger partial charge in [-0.3, -0.25) is 4.90 Å². The number of hydrogen-bond donors (Lipinski definition) is 1. The number of benzene rings is 1. The summed E-state index contributed by atoms with van der Waals surface area (Å²) in [5.41, 5.74) is 8.55. The second-order valence-corrected chi connectivity index (χ2v) is 7.06. The molecule has 0 radical (unpaired) electrons. The van der Waals surface area contributed by atoms with Crippen LogP contribution in [0.3, 0.4) is 0 Å². The molecule has 0 aromatic heterocycles. The van der Waals surface area contributed by atoms with Crippen LogP contribution in [-0.2, 0) is 6.42 Å². The fourth-order valence-electron chi connectivity index (χ4n) is 4.42. The Kier molecular flexibility index (Phi) is 3.02. The van der Waals surface area contributed by atoms with E-state index in [0.717, 1.165) is 37.7 Å². The van der Waals surface area contributed by atoms with E-state index in [1.807, 2.05) is 6.07 Å². The van der Waals surface area contributed by atoms with Crippen molar-refractivity contribution >= 4 is 5.69 Å². The fraction of sp³-hybridized carbons (Fsp3) is 0.647. The van der Waals surface area contributed by atoms with Gasteiger partial charge in [0.05, 0.1) is 5.54 Å². The lowest BCUT2D eigenvalue weighted by molar-refractivity contribution is 0.248. The van der Waals surface area contributed by atoms with Gasteiger partial charge in [-0.2, -0.15) is 0 Å². The first kappa shape index (κ1) is 13.5. The van der Waals surface area contributed by atoms with Crippen LogP contribution in [0.5, 0.6) is 0 Å². The standard InChI is InChI=1S/C17H24FN3/c1-12-9-17(10-19,11-20(12)15-4-5-15)21-7-6-13-2-3-14(18)8-16(13)21/h2-3,8,12,15H,4-7,9-11,19H2,1H3. The Labute approximate surface area is 125 Å². The minimum absolute atomic E-state index is 0.0128. The summed E-state index contributed by atoms with van der Waals surface area (Å²) in [5.74, 6) is -0.141. The summed E-state index contributed by atoms with van der Waals surface area (Å²) in [5, 5.41) is 0. The summed E-state index contributed by atoms with van der Waals surface area (Å²) in [6.07, 6.45) is 4.76. The SMILES string of the molecule is CC1CC(CN)(N2CCc3ccc(F)cc32)CN1C1CC1. The summed E-state index contributed by atoms with van der Waals surface area (Å²) in [6, 6.07) is 6.56. The highest BCUT2D eigenvalue weighted by Gasteiger charge is 2.50. The van der Waals surface area contributed by atoms with E-state index in [2.05, 4.69) is 16.7 Å². The molecule has 1 aromatic rings. The predicted octanol–water partition coefficient (Wildman–Crippen LogP) is 2.14. The van der Waals surface area contributed by atoms with E-state index < -0.39 is 0 Å². The highest BCUT2D eigenvalue weighted by atomic mass is 19.1. The van der Waals surface area contributed by atoms with Crippen LogP contribution >= 0.6 is 0 Å². The van der Waals surface area contributed by atoms with Gasteiger partial charge in [0.2, 0.25) is 0 Å². The van der Waals surface area contributed by atoms with Crippen molar-refractivity contribution in [2.75, 3.05) is 24.5 Å². The number of anilines is 1. The summed E-state index contributed by atoms with van der Waals surface area (Å²) in [7, 11) is 0. The summed E-state index contributed by atoms with van der Waals surface area (Å²) in [6.45, 7) is 4.97. The Balaban J connectivity index is 1.67. The van der Waals surface area contributed by atoms with Gasteiger partial charge in [-0.05, 0) is 50.3 Å². The first-order valence-electron chi connectivity index (χ1n) is 8.15. The van der Waals surface area contributed by atoms with E-state index in [0.29, 0.717) is 12.6 Å². The van der Waals surface area contributed by atoms with E-state index in [9.17, 15) is 4.39 Å². The van der Waals surface area contributed by atoms with Crippen molar-refractivity contribution in [3.8, 4) is 0 Å². The quantitative estimate of drug-likeness (QED) is 0.925. The van der Waals surface area contributed by atoms with Crippen LogP contribution in [0.4, 0.5) is 10.1 Å². The third-order valence-corrected chi connectivity index (χ3v) is 5.63. The molecule has 3 aliphatic rings. The lowest BCUT2D eigenvalue weighted by Gasteiger charge is -2.40. The Bertz CT molecular complexity index is 557. The van der Waals surface area contributed by atoms with Gasteiger partial charge in [0.15, 0.2) is 0 Å². The maximum absolute atomic E-state index is 13.7. The summed E-state index contributed by atoms with van der Waals surface area (Å²) < 4.78 is 13.7. The van der Waals surface area contributed by atoms with Gasteiger partial charge in [-0.15, -0.1) is 0 Å². The first-order valence-corrected chi connectivity index (χ1v) is 8.15.